The summed E-state index contributed by atoms with van der Waals surface area (Å²) in [4.78, 5) is 16.8. The Morgan fingerprint density at radius 2 is 2.11 bits per heavy atom. The Morgan fingerprint density at radius 1 is 1.22 bits per heavy atom. The zero-order chi connectivity index (χ0) is 18.6. The van der Waals surface area contributed by atoms with E-state index in [0.717, 1.165) is 10.9 Å². The molecule has 0 unspecified atom stereocenters. The van der Waals surface area contributed by atoms with E-state index >= 15 is 0 Å². The molecule has 0 aliphatic carbocycles. The number of nitrogens with zero attached hydrogens (tertiary/aromatic N) is 2. The third kappa shape index (κ3) is 3.62. The lowest BCUT2D eigenvalue weighted by atomic mass is 10.1. The number of esters is 1. The number of rotatable bonds is 7. The van der Waals surface area contributed by atoms with Crippen LogP contribution in [0.15, 0.2) is 50.0 Å². The maximum atomic E-state index is 12.5. The minimum absolute atomic E-state index is 0.127. The van der Waals surface area contributed by atoms with Crippen LogP contribution in [0.4, 0.5) is 0 Å². The average Bonchev–Trinajstić information content (AvgIpc) is 3.43. The van der Waals surface area contributed by atoms with Crippen molar-refractivity contribution in [3.05, 3.63) is 58.3 Å². The fourth-order valence-electron chi connectivity index (χ4n) is 2.63. The van der Waals surface area contributed by atoms with E-state index in [-0.39, 0.29) is 24.9 Å². The number of benzene rings is 1. The second kappa shape index (κ2) is 7.73. The highest BCUT2D eigenvalue weighted by atomic mass is 32.1. The predicted molar refractivity (Wildman–Crippen MR) is 98.3 cm³/mol. The number of para-hydroxylation sites is 1. The molecule has 0 aliphatic rings. The summed E-state index contributed by atoms with van der Waals surface area (Å²) >= 11 is 1.54. The van der Waals surface area contributed by atoms with Crippen molar-refractivity contribution in [3.8, 4) is 11.4 Å². The van der Waals surface area contributed by atoms with Crippen LogP contribution in [0.1, 0.15) is 28.9 Å². The summed E-state index contributed by atoms with van der Waals surface area (Å²) in [6, 6.07) is 9.30. The number of hydrogen-bond donors (Lipinski definition) is 0. The minimum Gasteiger partial charge on any atom is -0.450 e. The van der Waals surface area contributed by atoms with E-state index in [1.54, 1.807) is 6.07 Å². The van der Waals surface area contributed by atoms with Crippen LogP contribution in [0, 0.1) is 0 Å². The highest BCUT2D eigenvalue weighted by molar-refractivity contribution is 7.08. The van der Waals surface area contributed by atoms with Crippen molar-refractivity contribution in [2.75, 3.05) is 6.61 Å². The van der Waals surface area contributed by atoms with Crippen molar-refractivity contribution >= 4 is 28.3 Å². The van der Waals surface area contributed by atoms with Crippen LogP contribution in [-0.4, -0.2) is 22.7 Å². The average molecular weight is 384 g/mol. The van der Waals surface area contributed by atoms with E-state index < -0.39 is 5.97 Å². The summed E-state index contributed by atoms with van der Waals surface area (Å²) in [7, 11) is 0. The van der Waals surface area contributed by atoms with Gasteiger partial charge in [-0.25, -0.2) is 4.79 Å². The Labute approximate surface area is 158 Å². The third-order valence-electron chi connectivity index (χ3n) is 3.91. The van der Waals surface area contributed by atoms with Gasteiger partial charge in [0.05, 0.1) is 6.61 Å². The molecule has 0 spiro atoms. The molecule has 7 nitrogen and oxygen atoms in total. The summed E-state index contributed by atoms with van der Waals surface area (Å²) in [6.07, 6.45) is 0. The van der Waals surface area contributed by atoms with Gasteiger partial charge in [0.2, 0.25) is 11.6 Å². The molecule has 0 fully saturated rings. The molecule has 4 rings (SSSR count). The summed E-state index contributed by atoms with van der Waals surface area (Å²) < 4.78 is 21.6. The largest absolute Gasteiger partial charge is 0.450 e. The Hall–Kier alpha value is -2.97. The van der Waals surface area contributed by atoms with Crippen LogP contribution in [0.2, 0.25) is 0 Å². The predicted octanol–water partition coefficient (Wildman–Crippen LogP) is 4.44. The van der Waals surface area contributed by atoms with Gasteiger partial charge in [-0.15, -0.1) is 0 Å². The van der Waals surface area contributed by atoms with Gasteiger partial charge in [-0.1, -0.05) is 23.4 Å². The molecule has 0 atom stereocenters. The molecule has 0 bridgehead atoms. The molecule has 0 saturated carbocycles. The molecule has 0 saturated heterocycles. The fourth-order valence-corrected chi connectivity index (χ4v) is 3.26. The number of thiophene rings is 1. The van der Waals surface area contributed by atoms with E-state index in [9.17, 15) is 4.79 Å². The molecular weight excluding hydrogens is 368 g/mol. The molecule has 4 aromatic rings. The van der Waals surface area contributed by atoms with E-state index in [1.807, 2.05) is 41.9 Å². The van der Waals surface area contributed by atoms with Crippen molar-refractivity contribution in [3.63, 3.8) is 0 Å². The van der Waals surface area contributed by atoms with Crippen LogP contribution >= 0.6 is 11.3 Å². The van der Waals surface area contributed by atoms with Gasteiger partial charge in [-0.3, -0.25) is 0 Å². The van der Waals surface area contributed by atoms with Crippen molar-refractivity contribution < 1.29 is 23.2 Å². The van der Waals surface area contributed by atoms with Gasteiger partial charge in [0.25, 0.3) is 5.89 Å². The van der Waals surface area contributed by atoms with Gasteiger partial charge in [0.1, 0.15) is 5.58 Å². The summed E-state index contributed by atoms with van der Waals surface area (Å²) in [5.74, 6) is 0.202. The molecule has 1 aromatic carbocycles. The minimum atomic E-state index is -0.601. The van der Waals surface area contributed by atoms with Crippen LogP contribution in [0.5, 0.6) is 0 Å². The van der Waals surface area contributed by atoms with E-state index in [2.05, 4.69) is 10.1 Å². The summed E-state index contributed by atoms with van der Waals surface area (Å²) in [6.45, 7) is 2.55. The lowest BCUT2D eigenvalue weighted by Crippen LogP contribution is -2.07. The number of fused-ring (bicyclic) bond motifs is 1. The lowest BCUT2D eigenvalue weighted by Gasteiger charge is -2.03. The Bertz CT molecular complexity index is 1050. The van der Waals surface area contributed by atoms with Gasteiger partial charge in [-0.05, 0) is 24.4 Å². The molecule has 8 heteroatoms. The Morgan fingerprint density at radius 3 is 2.93 bits per heavy atom. The van der Waals surface area contributed by atoms with Crippen molar-refractivity contribution in [1.29, 1.82) is 0 Å². The van der Waals surface area contributed by atoms with Crippen LogP contribution in [0.3, 0.4) is 0 Å². The molecule has 3 heterocycles. The molecule has 3 aromatic heterocycles. The highest BCUT2D eigenvalue weighted by Gasteiger charge is 2.22. The highest BCUT2D eigenvalue weighted by Crippen LogP contribution is 2.27. The third-order valence-corrected chi connectivity index (χ3v) is 4.59. The van der Waals surface area contributed by atoms with Crippen molar-refractivity contribution in [1.82, 2.24) is 10.1 Å². The maximum absolute atomic E-state index is 12.5. The number of carbonyl (C=O) groups is 1. The maximum Gasteiger partial charge on any atom is 0.375 e. The van der Waals surface area contributed by atoms with Crippen molar-refractivity contribution in [2.24, 2.45) is 0 Å². The van der Waals surface area contributed by atoms with E-state index in [4.69, 9.17) is 18.4 Å². The number of ether oxygens (including phenoxy) is 2. The second-order valence-electron chi connectivity index (χ2n) is 5.64. The molecular formula is C19H16N2O5S. The zero-order valence-electron chi connectivity index (χ0n) is 14.5. The van der Waals surface area contributed by atoms with E-state index in [1.165, 1.54) is 11.3 Å². The van der Waals surface area contributed by atoms with Crippen LogP contribution in [-0.2, 0) is 22.7 Å². The fraction of sp³-hybridized carbons (Fsp3) is 0.211. The molecule has 138 valence electrons. The summed E-state index contributed by atoms with van der Waals surface area (Å²) in [5.41, 5.74) is 2.14. The molecule has 0 radical (unpaired) electrons. The number of carbonyl (C=O) groups excluding carboxylic acids is 1. The normalized spacial score (nSPS) is 11.1. The number of aromatic nitrogens is 2. The van der Waals surface area contributed by atoms with Gasteiger partial charge in [0.15, 0.2) is 6.61 Å². The topological polar surface area (TPSA) is 87.6 Å². The second-order valence-corrected chi connectivity index (χ2v) is 6.42. The van der Waals surface area contributed by atoms with Gasteiger partial charge in [-0.2, -0.15) is 16.3 Å². The van der Waals surface area contributed by atoms with Crippen molar-refractivity contribution in [2.45, 2.75) is 20.1 Å². The Kier molecular flexibility index (Phi) is 4.99. The summed E-state index contributed by atoms with van der Waals surface area (Å²) in [5, 5.41) is 8.55. The van der Waals surface area contributed by atoms with Crippen LogP contribution in [0.25, 0.3) is 22.4 Å². The molecule has 27 heavy (non-hydrogen) atoms. The van der Waals surface area contributed by atoms with Gasteiger partial charge >= 0.3 is 5.97 Å². The smallest absolute Gasteiger partial charge is 0.375 e. The Balaban J connectivity index is 1.51. The molecule has 0 N–H and O–H groups in total. The standard InChI is InChI=1S/C19H16N2O5S/c1-2-23-9-14-13-5-3-4-6-15(13)25-17(14)19(22)24-10-16-20-18(21-26-16)12-7-8-27-11-12/h3-8,11H,2,9-10H2,1H3. The first-order valence-electron chi connectivity index (χ1n) is 8.36. The molecule has 0 aliphatic heterocycles. The van der Waals surface area contributed by atoms with Gasteiger partial charge in [0, 0.05) is 28.5 Å². The SMILES string of the molecule is CCOCc1c(C(=O)OCc2nc(-c3ccsc3)no2)oc2ccccc12. The molecule has 0 amide bonds. The first-order valence-corrected chi connectivity index (χ1v) is 9.31. The number of hydrogen-bond acceptors (Lipinski definition) is 8. The lowest BCUT2D eigenvalue weighted by molar-refractivity contribution is 0.0388. The van der Waals surface area contributed by atoms with E-state index in [0.29, 0.717) is 23.6 Å². The first kappa shape index (κ1) is 17.4. The quantitative estimate of drug-likeness (QED) is 0.435. The first-order chi connectivity index (χ1) is 13.3. The van der Waals surface area contributed by atoms with Crippen LogP contribution < -0.4 is 0 Å². The number of furan rings is 1. The zero-order valence-corrected chi connectivity index (χ0v) is 15.3. The monoisotopic (exact) mass is 384 g/mol. The van der Waals surface area contributed by atoms with Gasteiger partial charge < -0.3 is 18.4 Å².